The van der Waals surface area contributed by atoms with Gasteiger partial charge in [0.25, 0.3) is 0 Å². The quantitative estimate of drug-likeness (QED) is 0.338. The number of hydrogen-bond acceptors (Lipinski definition) is 4. The van der Waals surface area contributed by atoms with Gasteiger partial charge in [0.2, 0.25) is 0 Å². The molecule has 1 aliphatic carbocycles. The highest BCUT2D eigenvalue weighted by molar-refractivity contribution is 6.30. The lowest BCUT2D eigenvalue weighted by atomic mass is 9.69. The Kier molecular flexibility index (Phi) is 7.33. The summed E-state index contributed by atoms with van der Waals surface area (Å²) in [5.41, 5.74) is 3.94. The lowest BCUT2D eigenvalue weighted by molar-refractivity contribution is -0.146. The maximum absolute atomic E-state index is 15.1. The Morgan fingerprint density at radius 3 is 2.43 bits per heavy atom. The number of carbonyl (C=O) groups excluding carboxylic acids is 2. The van der Waals surface area contributed by atoms with Crippen LogP contribution in [0.2, 0.25) is 5.02 Å². The van der Waals surface area contributed by atoms with E-state index in [1.165, 1.54) is 6.07 Å². The second-order valence-electron chi connectivity index (χ2n) is 9.57. The summed E-state index contributed by atoms with van der Waals surface area (Å²) in [5.74, 6) is -2.78. The van der Waals surface area contributed by atoms with Crippen LogP contribution >= 0.6 is 11.6 Å². The highest BCUT2D eigenvalue weighted by Crippen LogP contribution is 2.47. The Balaban J connectivity index is 1.47. The number of ether oxygens (including phenoxy) is 1. The smallest absolute Gasteiger partial charge is 0.315 e. The predicted octanol–water partition coefficient (Wildman–Crippen LogP) is 6.84. The number of allylic oxidation sites excluding steroid dienone is 2. The Morgan fingerprint density at radius 1 is 1.00 bits per heavy atom. The molecule has 37 heavy (non-hydrogen) atoms. The first-order chi connectivity index (χ1) is 17.9. The zero-order valence-corrected chi connectivity index (χ0v) is 21.2. The number of rotatable bonds is 6. The second-order valence-corrected chi connectivity index (χ2v) is 10.0. The second kappa shape index (κ2) is 10.8. The molecule has 2 aliphatic rings. The molecule has 0 N–H and O–H groups in total. The first-order valence-electron chi connectivity index (χ1n) is 12.4. The molecule has 1 unspecified atom stereocenters. The van der Waals surface area contributed by atoms with Crippen LogP contribution in [0.1, 0.15) is 48.3 Å². The minimum absolute atomic E-state index is 0.0595. The van der Waals surface area contributed by atoms with Crippen molar-refractivity contribution >= 4 is 29.1 Å². The predicted molar refractivity (Wildman–Crippen MR) is 142 cm³/mol. The molecule has 0 saturated carbocycles. The van der Waals surface area contributed by atoms with Gasteiger partial charge in [-0.1, -0.05) is 72.3 Å². The summed E-state index contributed by atoms with van der Waals surface area (Å²) in [6.07, 6.45) is 1.35. The van der Waals surface area contributed by atoms with Crippen molar-refractivity contribution in [3.63, 3.8) is 0 Å². The molecule has 1 aliphatic heterocycles. The van der Waals surface area contributed by atoms with E-state index in [0.29, 0.717) is 40.4 Å². The van der Waals surface area contributed by atoms with E-state index in [4.69, 9.17) is 21.3 Å². The molecule has 3 atom stereocenters. The number of esters is 1. The van der Waals surface area contributed by atoms with Gasteiger partial charge in [-0.2, -0.15) is 0 Å². The van der Waals surface area contributed by atoms with Crippen LogP contribution in [0.4, 0.5) is 4.39 Å². The average Bonchev–Trinajstić information content (AvgIpc) is 2.89. The van der Waals surface area contributed by atoms with E-state index in [2.05, 4.69) is 0 Å². The molecule has 0 amide bonds. The molecule has 3 aromatic rings. The minimum Gasteiger partial charge on any atom is -0.465 e. The molecular formula is C31H27ClFNO3. The normalized spacial score (nSPS) is 21.3. The van der Waals surface area contributed by atoms with E-state index < -0.39 is 23.6 Å². The summed E-state index contributed by atoms with van der Waals surface area (Å²) in [6, 6.07) is 23.5. The van der Waals surface area contributed by atoms with Gasteiger partial charge >= 0.3 is 5.97 Å². The van der Waals surface area contributed by atoms with E-state index in [-0.39, 0.29) is 24.7 Å². The Morgan fingerprint density at radius 2 is 1.70 bits per heavy atom. The van der Waals surface area contributed by atoms with Crippen molar-refractivity contribution in [3.8, 4) is 0 Å². The number of hydrogen-bond donors (Lipinski definition) is 0. The summed E-state index contributed by atoms with van der Waals surface area (Å²) in [5, 5.41) is 0.630. The van der Waals surface area contributed by atoms with E-state index in [9.17, 15) is 9.59 Å². The van der Waals surface area contributed by atoms with Crippen molar-refractivity contribution in [2.24, 2.45) is 10.9 Å². The number of halogens is 2. The van der Waals surface area contributed by atoms with Crippen molar-refractivity contribution in [2.45, 2.75) is 38.0 Å². The van der Waals surface area contributed by atoms with Crippen LogP contribution < -0.4 is 0 Å². The fourth-order valence-electron chi connectivity index (χ4n) is 5.40. The van der Waals surface area contributed by atoms with Gasteiger partial charge in [0, 0.05) is 40.8 Å². The van der Waals surface area contributed by atoms with Crippen molar-refractivity contribution in [1.29, 1.82) is 0 Å². The third kappa shape index (κ3) is 5.28. The standard InChI is InChI=1S/C31H27ClFNO3/c1-19-28(31(36)37-16-15-20-7-3-2-4-8-20)29(24-9-5-6-10-25(24)33)30-26(34-19)17-22(18-27(30)35)21-11-13-23(32)14-12-21/h2-14,22,28-29H,15-18H2,1H3/t22-,28?,29+/m0/s1. The van der Waals surface area contributed by atoms with Gasteiger partial charge in [0.15, 0.2) is 5.78 Å². The van der Waals surface area contributed by atoms with Gasteiger partial charge in [-0.25, -0.2) is 4.39 Å². The van der Waals surface area contributed by atoms with Gasteiger partial charge < -0.3 is 4.74 Å². The van der Waals surface area contributed by atoms with E-state index >= 15 is 4.39 Å². The Labute approximate surface area is 220 Å². The van der Waals surface area contributed by atoms with Gasteiger partial charge in [0.05, 0.1) is 6.61 Å². The van der Waals surface area contributed by atoms with Gasteiger partial charge in [-0.3, -0.25) is 14.6 Å². The molecule has 0 aromatic heterocycles. The number of carbonyl (C=O) groups is 2. The summed E-state index contributed by atoms with van der Waals surface area (Å²) >= 11 is 6.05. The van der Waals surface area contributed by atoms with E-state index in [1.807, 2.05) is 54.6 Å². The number of Topliss-reactive ketones (excluding diaryl/α,β-unsaturated/α-hetero) is 1. The lowest BCUT2D eigenvalue weighted by Crippen LogP contribution is -2.38. The van der Waals surface area contributed by atoms with Crippen LogP contribution in [0.25, 0.3) is 0 Å². The largest absolute Gasteiger partial charge is 0.465 e. The average molecular weight is 516 g/mol. The fraction of sp³-hybridized carbons (Fsp3) is 0.258. The fourth-order valence-corrected chi connectivity index (χ4v) is 5.53. The highest BCUT2D eigenvalue weighted by Gasteiger charge is 2.45. The van der Waals surface area contributed by atoms with Crippen LogP contribution in [0.3, 0.4) is 0 Å². The van der Waals surface area contributed by atoms with Crippen LogP contribution in [0.5, 0.6) is 0 Å². The molecule has 0 fully saturated rings. The van der Waals surface area contributed by atoms with Gasteiger partial charge in [-0.05, 0) is 54.2 Å². The molecule has 4 nitrogen and oxygen atoms in total. The lowest BCUT2D eigenvalue weighted by Gasteiger charge is -2.36. The van der Waals surface area contributed by atoms with E-state index in [0.717, 1.165) is 11.1 Å². The minimum atomic E-state index is -0.873. The molecule has 3 aromatic carbocycles. The van der Waals surface area contributed by atoms with Crippen LogP contribution in [0.15, 0.2) is 95.1 Å². The number of benzene rings is 3. The SMILES string of the molecule is CC1=NC2=C(C(=O)C[C@@H](c3ccc(Cl)cc3)C2)[C@H](c2ccccc2F)C1C(=O)OCCc1ccccc1. The third-order valence-electron chi connectivity index (χ3n) is 7.20. The maximum atomic E-state index is 15.1. The molecule has 1 heterocycles. The summed E-state index contributed by atoms with van der Waals surface area (Å²) < 4.78 is 20.8. The molecule has 0 saturated heterocycles. The van der Waals surface area contributed by atoms with Gasteiger partial charge in [-0.15, -0.1) is 0 Å². The molecule has 0 bridgehead atoms. The molecular weight excluding hydrogens is 489 g/mol. The molecule has 188 valence electrons. The Hall–Kier alpha value is -3.57. The van der Waals surface area contributed by atoms with Crippen molar-refractivity contribution < 1.29 is 18.7 Å². The van der Waals surface area contributed by atoms with Gasteiger partial charge in [0.1, 0.15) is 11.7 Å². The first-order valence-corrected chi connectivity index (χ1v) is 12.8. The van der Waals surface area contributed by atoms with E-state index in [1.54, 1.807) is 25.1 Å². The monoisotopic (exact) mass is 515 g/mol. The first kappa shape index (κ1) is 25.1. The molecule has 0 radical (unpaired) electrons. The summed E-state index contributed by atoms with van der Waals surface area (Å²) in [6.45, 7) is 1.95. The highest BCUT2D eigenvalue weighted by atomic mass is 35.5. The van der Waals surface area contributed by atoms with Crippen molar-refractivity contribution in [1.82, 2.24) is 0 Å². The number of nitrogens with zero attached hydrogens (tertiary/aromatic N) is 1. The van der Waals surface area contributed by atoms with Crippen LogP contribution in [-0.2, 0) is 20.7 Å². The third-order valence-corrected chi connectivity index (χ3v) is 7.45. The topological polar surface area (TPSA) is 55.7 Å². The van der Waals surface area contributed by atoms with Crippen molar-refractivity contribution in [3.05, 3.63) is 118 Å². The zero-order valence-electron chi connectivity index (χ0n) is 20.5. The summed E-state index contributed by atoms with van der Waals surface area (Å²) in [4.78, 5) is 31.8. The zero-order chi connectivity index (χ0) is 25.9. The molecule has 5 rings (SSSR count). The number of ketones is 1. The number of aliphatic imine (C=N–C) groups is 1. The molecule has 6 heteroatoms. The Bertz CT molecular complexity index is 1380. The van der Waals surface area contributed by atoms with Crippen LogP contribution in [0, 0.1) is 11.7 Å². The van der Waals surface area contributed by atoms with Crippen LogP contribution in [-0.4, -0.2) is 24.1 Å². The van der Waals surface area contributed by atoms with Crippen molar-refractivity contribution in [2.75, 3.05) is 6.61 Å². The maximum Gasteiger partial charge on any atom is 0.315 e. The molecule has 0 spiro atoms. The summed E-state index contributed by atoms with van der Waals surface area (Å²) in [7, 11) is 0.